The van der Waals surface area contributed by atoms with E-state index in [1.807, 2.05) is 6.07 Å². The predicted molar refractivity (Wildman–Crippen MR) is 63.1 cm³/mol. The van der Waals surface area contributed by atoms with E-state index in [-0.39, 0.29) is 6.61 Å². The van der Waals surface area contributed by atoms with Crippen LogP contribution in [0.25, 0.3) is 0 Å². The smallest absolute Gasteiger partial charge is 0.116 e. The molecule has 0 saturated carbocycles. The van der Waals surface area contributed by atoms with Crippen LogP contribution in [0.15, 0.2) is 17.4 Å². The number of aliphatic hydroxyl groups excluding tert-OH is 1. The first-order valence-electron chi connectivity index (χ1n) is 5.23. The Morgan fingerprint density at radius 2 is 2.07 bits per heavy atom. The van der Waals surface area contributed by atoms with Crippen LogP contribution in [0.3, 0.4) is 0 Å². The average molecular weight is 226 g/mol. The largest absolute Gasteiger partial charge is 0.396 e. The summed E-state index contributed by atoms with van der Waals surface area (Å²) < 4.78 is 0. The maximum absolute atomic E-state index is 8.81. The molecule has 15 heavy (non-hydrogen) atoms. The third-order valence-corrected chi connectivity index (χ3v) is 3.22. The summed E-state index contributed by atoms with van der Waals surface area (Å²) in [6.07, 6.45) is 2.41. The van der Waals surface area contributed by atoms with E-state index in [9.17, 15) is 0 Å². The molecule has 0 spiro atoms. The van der Waals surface area contributed by atoms with E-state index in [1.54, 1.807) is 18.1 Å². The van der Waals surface area contributed by atoms with Gasteiger partial charge in [-0.15, -0.1) is 11.8 Å². The minimum atomic E-state index is 0.232. The summed E-state index contributed by atoms with van der Waals surface area (Å²) in [6.45, 7) is 6.57. The highest BCUT2D eigenvalue weighted by molar-refractivity contribution is 7.99. The fourth-order valence-electron chi connectivity index (χ4n) is 1.18. The van der Waals surface area contributed by atoms with Crippen molar-refractivity contribution in [2.45, 2.75) is 43.4 Å². The Balaban J connectivity index is 2.65. The molecular formula is C11H18N2OS. The van der Waals surface area contributed by atoms with Gasteiger partial charge in [0, 0.05) is 17.6 Å². The Hall–Kier alpha value is -0.610. The molecule has 1 rings (SSSR count). The summed E-state index contributed by atoms with van der Waals surface area (Å²) >= 11 is 1.69. The van der Waals surface area contributed by atoms with Crippen molar-refractivity contribution in [3.05, 3.63) is 18.1 Å². The van der Waals surface area contributed by atoms with Crippen LogP contribution in [0.1, 0.15) is 38.8 Å². The molecule has 1 unspecified atom stereocenters. The molecular weight excluding hydrogens is 208 g/mol. The second-order valence-electron chi connectivity index (χ2n) is 3.88. The molecule has 1 atom stereocenters. The van der Waals surface area contributed by atoms with Crippen molar-refractivity contribution < 1.29 is 5.11 Å². The zero-order valence-electron chi connectivity index (χ0n) is 9.47. The van der Waals surface area contributed by atoms with Crippen molar-refractivity contribution in [2.75, 3.05) is 6.61 Å². The van der Waals surface area contributed by atoms with Gasteiger partial charge in [0.15, 0.2) is 0 Å². The Bertz CT molecular complexity index is 304. The highest BCUT2D eigenvalue weighted by Gasteiger charge is 2.07. The van der Waals surface area contributed by atoms with Gasteiger partial charge in [-0.2, -0.15) is 0 Å². The number of nitrogens with zero attached hydrogens (tertiary/aromatic N) is 2. The van der Waals surface area contributed by atoms with Crippen LogP contribution < -0.4 is 0 Å². The van der Waals surface area contributed by atoms with E-state index < -0.39 is 0 Å². The van der Waals surface area contributed by atoms with Gasteiger partial charge in [-0.3, -0.25) is 0 Å². The molecule has 1 heterocycles. The van der Waals surface area contributed by atoms with E-state index in [4.69, 9.17) is 5.11 Å². The highest BCUT2D eigenvalue weighted by atomic mass is 32.2. The molecule has 4 heteroatoms. The van der Waals surface area contributed by atoms with E-state index in [0.29, 0.717) is 11.2 Å². The van der Waals surface area contributed by atoms with Gasteiger partial charge in [0.05, 0.1) is 5.03 Å². The molecule has 84 valence electrons. The van der Waals surface area contributed by atoms with Gasteiger partial charge < -0.3 is 5.11 Å². The van der Waals surface area contributed by atoms with Gasteiger partial charge in [0.25, 0.3) is 0 Å². The normalized spacial score (nSPS) is 13.1. The standard InChI is InChI=1S/C11H18N2OS/c1-8(2)10-6-11(13-7-12-10)15-9(3)4-5-14/h6-9,14H,4-5H2,1-3H3. The summed E-state index contributed by atoms with van der Waals surface area (Å²) in [5.41, 5.74) is 1.07. The van der Waals surface area contributed by atoms with Crippen molar-refractivity contribution in [1.29, 1.82) is 0 Å². The maximum Gasteiger partial charge on any atom is 0.116 e. The van der Waals surface area contributed by atoms with Crippen molar-refractivity contribution in [3.63, 3.8) is 0 Å². The molecule has 1 aromatic rings. The summed E-state index contributed by atoms with van der Waals surface area (Å²) in [7, 11) is 0. The van der Waals surface area contributed by atoms with E-state index in [2.05, 4.69) is 30.7 Å². The van der Waals surface area contributed by atoms with Crippen molar-refractivity contribution in [2.24, 2.45) is 0 Å². The minimum absolute atomic E-state index is 0.232. The summed E-state index contributed by atoms with van der Waals surface area (Å²) in [5.74, 6) is 0.431. The van der Waals surface area contributed by atoms with Gasteiger partial charge in [-0.25, -0.2) is 9.97 Å². The second kappa shape index (κ2) is 6.08. The van der Waals surface area contributed by atoms with E-state index in [0.717, 1.165) is 17.1 Å². The molecule has 1 aromatic heterocycles. The number of hydrogen-bond acceptors (Lipinski definition) is 4. The van der Waals surface area contributed by atoms with Crippen LogP contribution in [-0.4, -0.2) is 26.9 Å². The zero-order valence-corrected chi connectivity index (χ0v) is 10.3. The van der Waals surface area contributed by atoms with Gasteiger partial charge in [-0.05, 0) is 18.4 Å². The number of rotatable bonds is 5. The van der Waals surface area contributed by atoms with E-state index in [1.165, 1.54) is 0 Å². The molecule has 0 aromatic carbocycles. The van der Waals surface area contributed by atoms with Gasteiger partial charge in [0.2, 0.25) is 0 Å². The first-order chi connectivity index (χ1) is 7.13. The van der Waals surface area contributed by atoms with Crippen LogP contribution in [0.2, 0.25) is 0 Å². The Kier molecular flexibility index (Phi) is 5.05. The fraction of sp³-hybridized carbons (Fsp3) is 0.636. The fourth-order valence-corrected chi connectivity index (χ4v) is 2.11. The number of hydrogen-bond donors (Lipinski definition) is 1. The van der Waals surface area contributed by atoms with Crippen molar-refractivity contribution in [1.82, 2.24) is 9.97 Å². The molecule has 0 amide bonds. The Morgan fingerprint density at radius 3 is 2.67 bits per heavy atom. The summed E-state index contributed by atoms with van der Waals surface area (Å²) in [5, 5.41) is 10.2. The molecule has 0 aliphatic heterocycles. The van der Waals surface area contributed by atoms with Crippen molar-refractivity contribution >= 4 is 11.8 Å². The molecule has 0 fully saturated rings. The van der Waals surface area contributed by atoms with Gasteiger partial charge in [0.1, 0.15) is 6.33 Å². The first-order valence-corrected chi connectivity index (χ1v) is 6.11. The lowest BCUT2D eigenvalue weighted by Gasteiger charge is -2.10. The molecule has 0 aliphatic carbocycles. The summed E-state index contributed by atoms with van der Waals surface area (Å²) in [4.78, 5) is 8.43. The number of thioether (sulfide) groups is 1. The third-order valence-electron chi connectivity index (χ3n) is 2.11. The Morgan fingerprint density at radius 1 is 1.33 bits per heavy atom. The van der Waals surface area contributed by atoms with Crippen molar-refractivity contribution in [3.8, 4) is 0 Å². The first kappa shape index (κ1) is 12.5. The lowest BCUT2D eigenvalue weighted by molar-refractivity contribution is 0.289. The number of aromatic nitrogens is 2. The van der Waals surface area contributed by atoms with Crippen LogP contribution in [0.4, 0.5) is 0 Å². The molecule has 0 aliphatic rings. The molecule has 3 nitrogen and oxygen atoms in total. The predicted octanol–water partition coefficient (Wildman–Crippen LogP) is 2.46. The molecule has 0 saturated heterocycles. The number of aliphatic hydroxyl groups is 1. The Labute approximate surface area is 95.3 Å². The van der Waals surface area contributed by atoms with Crippen LogP contribution in [0, 0.1) is 0 Å². The van der Waals surface area contributed by atoms with Crippen LogP contribution in [-0.2, 0) is 0 Å². The van der Waals surface area contributed by atoms with Crippen LogP contribution in [0.5, 0.6) is 0 Å². The minimum Gasteiger partial charge on any atom is -0.396 e. The molecule has 0 radical (unpaired) electrons. The monoisotopic (exact) mass is 226 g/mol. The quantitative estimate of drug-likeness (QED) is 0.619. The molecule has 1 N–H and O–H groups in total. The second-order valence-corrected chi connectivity index (χ2v) is 5.34. The molecule has 0 bridgehead atoms. The van der Waals surface area contributed by atoms with Gasteiger partial charge in [-0.1, -0.05) is 20.8 Å². The zero-order chi connectivity index (χ0) is 11.3. The highest BCUT2D eigenvalue weighted by Crippen LogP contribution is 2.24. The third kappa shape index (κ3) is 4.18. The van der Waals surface area contributed by atoms with E-state index >= 15 is 0 Å². The van der Waals surface area contributed by atoms with Crippen LogP contribution >= 0.6 is 11.8 Å². The topological polar surface area (TPSA) is 46.0 Å². The summed E-state index contributed by atoms with van der Waals surface area (Å²) in [6, 6.07) is 2.03. The lowest BCUT2D eigenvalue weighted by atomic mass is 10.1. The average Bonchev–Trinajstić information content (AvgIpc) is 2.18. The lowest BCUT2D eigenvalue weighted by Crippen LogP contribution is -2.01. The van der Waals surface area contributed by atoms with Gasteiger partial charge >= 0.3 is 0 Å². The SMILES string of the molecule is CC(CCO)Sc1cc(C(C)C)ncn1. The maximum atomic E-state index is 8.81.